The third kappa shape index (κ3) is 1.90. The molecule has 1 spiro atoms. The number of amides is 1. The summed E-state index contributed by atoms with van der Waals surface area (Å²) in [6.07, 6.45) is 1.41. The summed E-state index contributed by atoms with van der Waals surface area (Å²) in [7, 11) is 0. The number of ether oxygens (including phenoxy) is 2. The Hall–Kier alpha value is -1.75. The molecule has 0 radical (unpaired) electrons. The summed E-state index contributed by atoms with van der Waals surface area (Å²) >= 11 is 0. The number of phenolic OH excluding ortho intramolecular Hbond substituents is 1. The van der Waals surface area contributed by atoms with Crippen molar-refractivity contribution in [2.24, 2.45) is 0 Å². The molecule has 0 bridgehead atoms. The van der Waals surface area contributed by atoms with Crippen LogP contribution in [0.4, 0.5) is 10.5 Å². The van der Waals surface area contributed by atoms with Crippen LogP contribution in [0.5, 0.6) is 5.75 Å². The maximum absolute atomic E-state index is 11.9. The molecule has 2 saturated heterocycles. The van der Waals surface area contributed by atoms with Gasteiger partial charge in [0.25, 0.3) is 0 Å². The number of hydrogen-bond acceptors (Lipinski definition) is 4. The van der Waals surface area contributed by atoms with Gasteiger partial charge in [-0.05, 0) is 37.1 Å². The van der Waals surface area contributed by atoms with Crippen LogP contribution < -0.4 is 4.90 Å². The summed E-state index contributed by atoms with van der Waals surface area (Å²) in [5.41, 5.74) is 0.244. The van der Waals surface area contributed by atoms with Gasteiger partial charge in [0.2, 0.25) is 0 Å². The smallest absolute Gasteiger partial charge is 0.415 e. The summed E-state index contributed by atoms with van der Waals surface area (Å²) in [6.45, 7) is 1.71. The van der Waals surface area contributed by atoms with Crippen molar-refractivity contribution in [1.82, 2.24) is 0 Å². The third-order valence-corrected chi connectivity index (χ3v) is 3.42. The Kier molecular flexibility index (Phi) is 2.63. The van der Waals surface area contributed by atoms with E-state index in [-0.39, 0.29) is 11.8 Å². The number of phenols is 1. The van der Waals surface area contributed by atoms with Crippen LogP contribution in [0.25, 0.3) is 0 Å². The zero-order chi connectivity index (χ0) is 12.6. The summed E-state index contributed by atoms with van der Waals surface area (Å²) in [5, 5.41) is 9.25. The molecule has 0 aromatic heterocycles. The van der Waals surface area contributed by atoms with Crippen LogP contribution in [0.3, 0.4) is 0 Å². The Morgan fingerprint density at radius 1 is 1.28 bits per heavy atom. The molecule has 1 atom stereocenters. The lowest BCUT2D eigenvalue weighted by Gasteiger charge is -2.30. The maximum Gasteiger partial charge on any atom is 0.415 e. The van der Waals surface area contributed by atoms with Crippen LogP contribution in [-0.2, 0) is 9.47 Å². The zero-order valence-electron chi connectivity index (χ0n) is 9.96. The molecule has 5 nitrogen and oxygen atoms in total. The van der Waals surface area contributed by atoms with Crippen LogP contribution in [0.15, 0.2) is 24.3 Å². The van der Waals surface area contributed by atoms with Crippen LogP contribution in [0, 0.1) is 0 Å². The molecule has 2 aliphatic rings. The predicted molar refractivity (Wildman–Crippen MR) is 64.7 cm³/mol. The first-order valence-electron chi connectivity index (χ1n) is 6.06. The summed E-state index contributed by atoms with van der Waals surface area (Å²) < 4.78 is 10.9. The molecule has 96 valence electrons. The molecular weight excluding hydrogens is 234 g/mol. The van der Waals surface area contributed by atoms with Crippen molar-refractivity contribution in [3.8, 4) is 5.75 Å². The quantitative estimate of drug-likeness (QED) is 0.825. The number of aromatic hydroxyl groups is 1. The first-order valence-corrected chi connectivity index (χ1v) is 6.06. The Labute approximate surface area is 105 Å². The van der Waals surface area contributed by atoms with Crippen molar-refractivity contribution in [2.75, 3.05) is 24.7 Å². The number of nitrogens with zero attached hydrogens (tertiary/aromatic N) is 1. The molecule has 1 aromatic rings. The first kappa shape index (κ1) is 11.3. The molecule has 0 aliphatic carbocycles. The van der Waals surface area contributed by atoms with Gasteiger partial charge in [0, 0.05) is 12.3 Å². The molecule has 5 heteroatoms. The average Bonchev–Trinajstić information content (AvgIpc) is 2.68. The van der Waals surface area contributed by atoms with Crippen LogP contribution in [0.1, 0.15) is 12.8 Å². The number of carbonyl (C=O) groups is 1. The maximum atomic E-state index is 11.9. The molecule has 2 fully saturated rings. The fourth-order valence-electron chi connectivity index (χ4n) is 2.49. The number of anilines is 1. The highest BCUT2D eigenvalue weighted by Gasteiger charge is 2.46. The van der Waals surface area contributed by atoms with Crippen molar-refractivity contribution in [3.05, 3.63) is 24.3 Å². The minimum absolute atomic E-state index is 0.182. The van der Waals surface area contributed by atoms with E-state index < -0.39 is 5.60 Å². The van der Waals surface area contributed by atoms with E-state index in [1.165, 1.54) is 0 Å². The van der Waals surface area contributed by atoms with Crippen LogP contribution in [0.2, 0.25) is 0 Å². The van der Waals surface area contributed by atoms with E-state index in [0.717, 1.165) is 25.1 Å². The van der Waals surface area contributed by atoms with Crippen molar-refractivity contribution >= 4 is 11.8 Å². The Morgan fingerprint density at radius 2 is 2.06 bits per heavy atom. The van der Waals surface area contributed by atoms with E-state index in [1.807, 2.05) is 0 Å². The van der Waals surface area contributed by atoms with Gasteiger partial charge >= 0.3 is 6.09 Å². The molecule has 0 saturated carbocycles. The van der Waals surface area contributed by atoms with E-state index >= 15 is 0 Å². The lowest BCUT2D eigenvalue weighted by molar-refractivity contribution is -0.0643. The predicted octanol–water partition coefficient (Wildman–Crippen LogP) is 1.90. The van der Waals surface area contributed by atoms with Gasteiger partial charge in [-0.25, -0.2) is 4.79 Å². The Morgan fingerprint density at radius 3 is 2.72 bits per heavy atom. The number of hydrogen-bond donors (Lipinski definition) is 1. The van der Waals surface area contributed by atoms with Gasteiger partial charge < -0.3 is 14.6 Å². The van der Waals surface area contributed by atoms with E-state index in [2.05, 4.69) is 0 Å². The van der Waals surface area contributed by atoms with Gasteiger partial charge in [-0.2, -0.15) is 0 Å². The highest BCUT2D eigenvalue weighted by atomic mass is 16.6. The topological polar surface area (TPSA) is 59.0 Å². The minimum atomic E-state index is -0.493. The molecule has 2 heterocycles. The number of carbonyl (C=O) groups excluding carboxylic acids is 1. The molecule has 1 amide bonds. The normalized spacial score (nSPS) is 27.6. The average molecular weight is 249 g/mol. The number of benzene rings is 1. The molecule has 18 heavy (non-hydrogen) atoms. The van der Waals surface area contributed by atoms with Crippen molar-refractivity contribution in [3.63, 3.8) is 0 Å². The van der Waals surface area contributed by atoms with Crippen molar-refractivity contribution in [1.29, 1.82) is 0 Å². The highest BCUT2D eigenvalue weighted by molar-refractivity contribution is 5.90. The second kappa shape index (κ2) is 4.17. The number of rotatable bonds is 1. The van der Waals surface area contributed by atoms with Crippen molar-refractivity contribution in [2.45, 2.75) is 18.4 Å². The molecule has 1 N–H and O–H groups in total. The fourth-order valence-corrected chi connectivity index (χ4v) is 2.49. The fraction of sp³-hybridized carbons (Fsp3) is 0.462. The first-order chi connectivity index (χ1) is 8.69. The molecule has 1 aromatic carbocycles. The lowest BCUT2D eigenvalue weighted by atomic mass is 9.97. The second-order valence-electron chi connectivity index (χ2n) is 4.81. The van der Waals surface area contributed by atoms with Gasteiger partial charge in [0.15, 0.2) is 5.60 Å². The Bertz CT molecular complexity index is 451. The van der Waals surface area contributed by atoms with Crippen LogP contribution >= 0.6 is 0 Å². The molecular formula is C13H15NO4. The van der Waals surface area contributed by atoms with E-state index in [1.54, 1.807) is 29.2 Å². The highest BCUT2D eigenvalue weighted by Crippen LogP contribution is 2.34. The van der Waals surface area contributed by atoms with Gasteiger partial charge in [0.1, 0.15) is 5.75 Å². The third-order valence-electron chi connectivity index (χ3n) is 3.42. The van der Waals surface area contributed by atoms with Gasteiger partial charge in [-0.3, -0.25) is 4.90 Å². The van der Waals surface area contributed by atoms with Gasteiger partial charge in [-0.1, -0.05) is 0 Å². The van der Waals surface area contributed by atoms with Gasteiger partial charge in [0.05, 0.1) is 13.2 Å². The molecule has 1 unspecified atom stereocenters. The Balaban J connectivity index is 1.82. The molecule has 3 rings (SSSR count). The van der Waals surface area contributed by atoms with E-state index in [4.69, 9.17) is 9.47 Å². The largest absolute Gasteiger partial charge is 0.508 e. The summed E-state index contributed by atoms with van der Waals surface area (Å²) in [6, 6.07) is 6.54. The van der Waals surface area contributed by atoms with E-state index in [0.29, 0.717) is 13.2 Å². The van der Waals surface area contributed by atoms with Crippen LogP contribution in [-0.4, -0.2) is 36.6 Å². The summed E-state index contributed by atoms with van der Waals surface area (Å²) in [4.78, 5) is 13.5. The molecule has 2 aliphatic heterocycles. The van der Waals surface area contributed by atoms with Crippen molar-refractivity contribution < 1.29 is 19.4 Å². The second-order valence-corrected chi connectivity index (χ2v) is 4.81. The SMILES string of the molecule is O=C1OC2(CCCOC2)CN1c1ccc(O)cc1. The zero-order valence-corrected chi connectivity index (χ0v) is 9.96. The minimum Gasteiger partial charge on any atom is -0.508 e. The summed E-state index contributed by atoms with van der Waals surface area (Å²) in [5.74, 6) is 0.182. The van der Waals surface area contributed by atoms with E-state index in [9.17, 15) is 9.90 Å². The standard InChI is InChI=1S/C13H15NO4/c15-11-4-2-10(3-5-11)14-8-13(18-12(14)16)6-1-7-17-9-13/h2-5,15H,1,6-9H2. The monoisotopic (exact) mass is 249 g/mol. The lowest BCUT2D eigenvalue weighted by Crippen LogP contribution is -2.42. The van der Waals surface area contributed by atoms with Gasteiger partial charge in [-0.15, -0.1) is 0 Å².